The number of rotatable bonds is 6. The Morgan fingerprint density at radius 2 is 1.92 bits per heavy atom. The van der Waals surface area contributed by atoms with Crippen LogP contribution in [0.5, 0.6) is 0 Å². The first-order valence-corrected chi connectivity index (χ1v) is 4.83. The molecule has 0 aliphatic rings. The van der Waals surface area contributed by atoms with Crippen LogP contribution in [-0.2, 0) is 0 Å². The predicted molar refractivity (Wildman–Crippen MR) is 53.2 cm³/mol. The summed E-state index contributed by atoms with van der Waals surface area (Å²) < 4.78 is 0. The molecular formula is C10H20N2O. The minimum atomic E-state index is -0.308. The topological polar surface area (TPSA) is 47.3 Å². The molecule has 3 heteroatoms. The smallest absolute Gasteiger partial charge is 0.0639 e. The van der Waals surface area contributed by atoms with Crippen LogP contribution in [0.1, 0.15) is 27.2 Å². The van der Waals surface area contributed by atoms with Crippen LogP contribution < -0.4 is 0 Å². The van der Waals surface area contributed by atoms with Crippen molar-refractivity contribution in [3.63, 3.8) is 0 Å². The van der Waals surface area contributed by atoms with Gasteiger partial charge in [-0.25, -0.2) is 0 Å². The highest BCUT2D eigenvalue weighted by Gasteiger charge is 2.09. The van der Waals surface area contributed by atoms with Gasteiger partial charge < -0.3 is 5.11 Å². The van der Waals surface area contributed by atoms with Crippen molar-refractivity contribution in [3.8, 4) is 6.07 Å². The van der Waals surface area contributed by atoms with Crippen molar-refractivity contribution in [2.75, 3.05) is 19.6 Å². The number of aliphatic hydroxyl groups excluding tert-OH is 1. The summed E-state index contributed by atoms with van der Waals surface area (Å²) in [7, 11) is 0. The molecule has 0 aromatic carbocycles. The second-order valence-corrected chi connectivity index (χ2v) is 3.91. The summed E-state index contributed by atoms with van der Waals surface area (Å²) in [5.41, 5.74) is 0. The van der Waals surface area contributed by atoms with Crippen molar-refractivity contribution in [2.24, 2.45) is 5.92 Å². The Morgan fingerprint density at radius 1 is 1.31 bits per heavy atom. The van der Waals surface area contributed by atoms with Crippen LogP contribution in [0.3, 0.4) is 0 Å². The Hall–Kier alpha value is -0.590. The van der Waals surface area contributed by atoms with E-state index in [4.69, 9.17) is 5.26 Å². The third kappa shape index (κ3) is 7.76. The highest BCUT2D eigenvalue weighted by molar-refractivity contribution is 4.73. The molecule has 13 heavy (non-hydrogen) atoms. The molecule has 76 valence electrons. The van der Waals surface area contributed by atoms with Crippen molar-refractivity contribution >= 4 is 0 Å². The van der Waals surface area contributed by atoms with Crippen LogP contribution in [0, 0.1) is 17.2 Å². The third-order valence-corrected chi connectivity index (χ3v) is 1.69. The van der Waals surface area contributed by atoms with Crippen LogP contribution in [0.15, 0.2) is 0 Å². The van der Waals surface area contributed by atoms with Gasteiger partial charge in [-0.2, -0.15) is 5.26 Å². The lowest BCUT2D eigenvalue weighted by Gasteiger charge is -2.24. The molecule has 0 heterocycles. The highest BCUT2D eigenvalue weighted by Crippen LogP contribution is 2.01. The summed E-state index contributed by atoms with van der Waals surface area (Å²) in [5.74, 6) is 0.581. The number of nitriles is 1. The Kier molecular flexibility index (Phi) is 6.56. The van der Waals surface area contributed by atoms with Gasteiger partial charge in [0.1, 0.15) is 0 Å². The maximum absolute atomic E-state index is 9.21. The van der Waals surface area contributed by atoms with Gasteiger partial charge in [0, 0.05) is 26.1 Å². The zero-order valence-corrected chi connectivity index (χ0v) is 8.82. The summed E-state index contributed by atoms with van der Waals surface area (Å²) in [6.45, 7) is 8.44. The fourth-order valence-electron chi connectivity index (χ4n) is 1.36. The fourth-order valence-corrected chi connectivity index (χ4v) is 1.36. The molecule has 0 aromatic heterocycles. The molecule has 0 aromatic rings. The Balaban J connectivity index is 3.81. The SMILES string of the molecule is CC(C)CN(CCC#N)C[C@@H](C)O. The van der Waals surface area contributed by atoms with Gasteiger partial charge in [-0.3, -0.25) is 4.90 Å². The highest BCUT2D eigenvalue weighted by atomic mass is 16.3. The summed E-state index contributed by atoms with van der Waals surface area (Å²) in [4.78, 5) is 2.14. The quantitative estimate of drug-likeness (QED) is 0.675. The van der Waals surface area contributed by atoms with Crippen molar-refractivity contribution in [1.29, 1.82) is 5.26 Å². The molecule has 0 fully saturated rings. The number of nitrogens with zero attached hydrogens (tertiary/aromatic N) is 2. The first-order chi connectivity index (χ1) is 6.06. The Morgan fingerprint density at radius 3 is 2.31 bits per heavy atom. The monoisotopic (exact) mass is 184 g/mol. The molecule has 0 radical (unpaired) electrons. The van der Waals surface area contributed by atoms with Crippen molar-refractivity contribution in [1.82, 2.24) is 4.90 Å². The normalized spacial score (nSPS) is 13.3. The summed E-state index contributed by atoms with van der Waals surface area (Å²) in [6, 6.07) is 2.12. The van der Waals surface area contributed by atoms with E-state index in [1.54, 1.807) is 6.92 Å². The maximum atomic E-state index is 9.21. The van der Waals surface area contributed by atoms with Crippen LogP contribution in [0.4, 0.5) is 0 Å². The molecule has 0 bridgehead atoms. The molecule has 0 amide bonds. The lowest BCUT2D eigenvalue weighted by molar-refractivity contribution is 0.120. The number of aliphatic hydroxyl groups is 1. The first kappa shape index (κ1) is 12.4. The molecule has 0 saturated carbocycles. The van der Waals surface area contributed by atoms with Crippen LogP contribution in [0.25, 0.3) is 0 Å². The summed E-state index contributed by atoms with van der Waals surface area (Å²) in [6.07, 6.45) is 0.233. The molecule has 0 aliphatic carbocycles. The van der Waals surface area contributed by atoms with Gasteiger partial charge in [-0.1, -0.05) is 13.8 Å². The fraction of sp³-hybridized carbons (Fsp3) is 0.900. The summed E-state index contributed by atoms with van der Waals surface area (Å²) in [5, 5.41) is 17.7. The average molecular weight is 184 g/mol. The van der Waals surface area contributed by atoms with E-state index in [1.165, 1.54) is 0 Å². The van der Waals surface area contributed by atoms with E-state index in [-0.39, 0.29) is 6.10 Å². The number of hydrogen-bond acceptors (Lipinski definition) is 3. The van der Waals surface area contributed by atoms with E-state index in [1.807, 2.05) is 0 Å². The predicted octanol–water partition coefficient (Wildman–Crippen LogP) is 1.24. The van der Waals surface area contributed by atoms with E-state index in [9.17, 15) is 5.11 Å². The Bertz CT molecular complexity index is 151. The molecule has 0 rings (SSSR count). The van der Waals surface area contributed by atoms with Gasteiger partial charge in [-0.15, -0.1) is 0 Å². The van der Waals surface area contributed by atoms with E-state index in [2.05, 4.69) is 24.8 Å². The lowest BCUT2D eigenvalue weighted by atomic mass is 10.2. The third-order valence-electron chi connectivity index (χ3n) is 1.69. The van der Waals surface area contributed by atoms with E-state index in [0.29, 0.717) is 18.9 Å². The second kappa shape index (κ2) is 6.88. The Labute approximate surface area is 81.0 Å². The second-order valence-electron chi connectivity index (χ2n) is 3.91. The van der Waals surface area contributed by atoms with E-state index < -0.39 is 0 Å². The molecule has 1 atom stereocenters. The summed E-state index contributed by atoms with van der Waals surface area (Å²) >= 11 is 0. The maximum Gasteiger partial charge on any atom is 0.0639 e. The minimum Gasteiger partial charge on any atom is -0.392 e. The van der Waals surface area contributed by atoms with Crippen LogP contribution in [-0.4, -0.2) is 35.7 Å². The van der Waals surface area contributed by atoms with Gasteiger partial charge in [-0.05, 0) is 12.8 Å². The van der Waals surface area contributed by atoms with Gasteiger partial charge in [0.25, 0.3) is 0 Å². The van der Waals surface area contributed by atoms with Gasteiger partial charge in [0.05, 0.1) is 12.2 Å². The average Bonchev–Trinajstić information content (AvgIpc) is 1.98. The van der Waals surface area contributed by atoms with Crippen molar-refractivity contribution in [3.05, 3.63) is 0 Å². The molecule has 0 unspecified atom stereocenters. The lowest BCUT2D eigenvalue weighted by Crippen LogP contribution is -2.34. The largest absolute Gasteiger partial charge is 0.392 e. The molecule has 0 spiro atoms. The minimum absolute atomic E-state index is 0.308. The molecular weight excluding hydrogens is 164 g/mol. The molecule has 1 N–H and O–H groups in total. The van der Waals surface area contributed by atoms with Crippen LogP contribution >= 0.6 is 0 Å². The molecule has 3 nitrogen and oxygen atoms in total. The van der Waals surface area contributed by atoms with E-state index >= 15 is 0 Å². The van der Waals surface area contributed by atoms with Crippen molar-refractivity contribution < 1.29 is 5.11 Å². The van der Waals surface area contributed by atoms with Gasteiger partial charge in [0.2, 0.25) is 0 Å². The van der Waals surface area contributed by atoms with Gasteiger partial charge >= 0.3 is 0 Å². The zero-order valence-electron chi connectivity index (χ0n) is 8.82. The number of hydrogen-bond donors (Lipinski definition) is 1. The molecule has 0 saturated heterocycles. The van der Waals surface area contributed by atoms with Crippen molar-refractivity contribution in [2.45, 2.75) is 33.3 Å². The van der Waals surface area contributed by atoms with Crippen LogP contribution in [0.2, 0.25) is 0 Å². The standard InChI is InChI=1S/C10H20N2O/c1-9(2)7-12(6-4-5-11)8-10(3)13/h9-10,13H,4,6-8H2,1-3H3/t10-/m1/s1. The zero-order chi connectivity index (χ0) is 10.3. The van der Waals surface area contributed by atoms with Gasteiger partial charge in [0.15, 0.2) is 0 Å². The first-order valence-electron chi connectivity index (χ1n) is 4.83. The van der Waals surface area contributed by atoms with E-state index in [0.717, 1.165) is 13.1 Å². The molecule has 0 aliphatic heterocycles.